The van der Waals surface area contributed by atoms with Crippen LogP contribution in [0.1, 0.15) is 32.1 Å². The summed E-state index contributed by atoms with van der Waals surface area (Å²) >= 11 is 3.66. The molecule has 0 radical (unpaired) electrons. The van der Waals surface area contributed by atoms with E-state index in [0.717, 1.165) is 35.8 Å². The maximum atomic E-state index is 5.92. The van der Waals surface area contributed by atoms with Gasteiger partial charge in [-0.25, -0.2) is 0 Å². The Balaban J connectivity index is 1.43. The molecule has 0 aromatic heterocycles. The van der Waals surface area contributed by atoms with Crippen LogP contribution in [-0.2, 0) is 0 Å². The summed E-state index contributed by atoms with van der Waals surface area (Å²) in [6.07, 6.45) is 6.34. The van der Waals surface area contributed by atoms with Gasteiger partial charge in [0.15, 0.2) is 0 Å². The monoisotopic (exact) mass is 347 g/mol. The minimum absolute atomic E-state index is 0.792. The Kier molecular flexibility index (Phi) is 5.15. The molecule has 2 aromatic rings. The highest BCUT2D eigenvalue weighted by Gasteiger charge is 2.19. The summed E-state index contributed by atoms with van der Waals surface area (Å²) in [6.45, 7) is 1.95. The average Bonchev–Trinajstić information content (AvgIpc) is 3.33. The number of benzene rings is 2. The van der Waals surface area contributed by atoms with Crippen molar-refractivity contribution in [3.05, 3.63) is 40.9 Å². The second-order valence-electron chi connectivity index (χ2n) is 5.74. The maximum absolute atomic E-state index is 5.92. The molecular weight excluding hydrogens is 326 g/mol. The Morgan fingerprint density at radius 1 is 1.05 bits per heavy atom. The van der Waals surface area contributed by atoms with E-state index in [-0.39, 0.29) is 0 Å². The molecule has 21 heavy (non-hydrogen) atoms. The fourth-order valence-corrected chi connectivity index (χ4v) is 3.11. The minimum atomic E-state index is 0.792. The lowest BCUT2D eigenvalue weighted by Crippen LogP contribution is -2.17. The molecule has 1 fully saturated rings. The molecule has 1 aliphatic rings. The van der Waals surface area contributed by atoms with Crippen molar-refractivity contribution in [2.75, 3.05) is 13.2 Å². The van der Waals surface area contributed by atoms with Crippen molar-refractivity contribution in [3.63, 3.8) is 0 Å². The van der Waals surface area contributed by atoms with Gasteiger partial charge in [-0.2, -0.15) is 0 Å². The largest absolute Gasteiger partial charge is 0.492 e. The van der Waals surface area contributed by atoms with E-state index in [4.69, 9.17) is 4.74 Å². The van der Waals surface area contributed by atoms with E-state index in [0.29, 0.717) is 0 Å². The summed E-state index contributed by atoms with van der Waals surface area (Å²) < 4.78 is 6.98. The van der Waals surface area contributed by atoms with Crippen LogP contribution < -0.4 is 10.1 Å². The van der Waals surface area contributed by atoms with Crippen molar-refractivity contribution in [1.29, 1.82) is 0 Å². The third-order valence-corrected chi connectivity index (χ3v) is 4.73. The molecule has 0 amide bonds. The Bertz CT molecular complexity index is 595. The molecule has 0 saturated heterocycles. The number of hydrogen-bond donors (Lipinski definition) is 1. The van der Waals surface area contributed by atoms with Gasteiger partial charge in [0.2, 0.25) is 0 Å². The quantitative estimate of drug-likeness (QED) is 0.685. The van der Waals surface area contributed by atoms with Gasteiger partial charge in [0.05, 0.1) is 11.1 Å². The van der Waals surface area contributed by atoms with Crippen LogP contribution in [0, 0.1) is 0 Å². The lowest BCUT2D eigenvalue weighted by Gasteiger charge is -2.10. The van der Waals surface area contributed by atoms with E-state index in [9.17, 15) is 0 Å². The Hall–Kier alpha value is -1.06. The van der Waals surface area contributed by atoms with Crippen molar-refractivity contribution < 1.29 is 4.74 Å². The first kappa shape index (κ1) is 14.9. The van der Waals surface area contributed by atoms with Gasteiger partial charge in [0.1, 0.15) is 5.75 Å². The average molecular weight is 348 g/mol. The highest BCUT2D eigenvalue weighted by molar-refractivity contribution is 9.10. The Labute approximate surface area is 135 Å². The summed E-state index contributed by atoms with van der Waals surface area (Å²) in [5, 5.41) is 6.00. The number of nitrogens with one attached hydrogen (secondary N) is 1. The van der Waals surface area contributed by atoms with Crippen LogP contribution in [-0.4, -0.2) is 19.2 Å². The third-order valence-electron chi connectivity index (χ3n) is 3.92. The first-order chi connectivity index (χ1) is 10.3. The number of fused-ring (bicyclic) bond motifs is 1. The molecule has 1 aliphatic carbocycles. The number of rotatable bonds is 8. The van der Waals surface area contributed by atoms with Crippen LogP contribution in [0.25, 0.3) is 10.8 Å². The highest BCUT2D eigenvalue weighted by atomic mass is 79.9. The SMILES string of the molecule is Brc1c(OCCCCCNC2CC2)ccc2ccccc12. The number of halogens is 1. The van der Waals surface area contributed by atoms with Crippen LogP contribution in [0.3, 0.4) is 0 Å². The summed E-state index contributed by atoms with van der Waals surface area (Å²) in [7, 11) is 0. The van der Waals surface area contributed by atoms with E-state index >= 15 is 0 Å². The molecule has 1 saturated carbocycles. The predicted molar refractivity (Wildman–Crippen MR) is 92.0 cm³/mol. The molecule has 2 aromatic carbocycles. The van der Waals surface area contributed by atoms with Gasteiger partial charge in [-0.1, -0.05) is 30.3 Å². The maximum Gasteiger partial charge on any atom is 0.134 e. The molecule has 3 heteroatoms. The molecule has 0 unspecified atom stereocenters. The molecule has 1 N–H and O–H groups in total. The molecule has 112 valence electrons. The topological polar surface area (TPSA) is 21.3 Å². The molecule has 0 aliphatic heterocycles. The van der Waals surface area contributed by atoms with Crippen LogP contribution in [0.5, 0.6) is 5.75 Å². The molecule has 2 nitrogen and oxygen atoms in total. The minimum Gasteiger partial charge on any atom is -0.492 e. The summed E-state index contributed by atoms with van der Waals surface area (Å²) in [4.78, 5) is 0. The zero-order valence-electron chi connectivity index (χ0n) is 12.3. The Morgan fingerprint density at radius 2 is 1.90 bits per heavy atom. The summed E-state index contributed by atoms with van der Waals surface area (Å²) in [6, 6.07) is 13.4. The highest BCUT2D eigenvalue weighted by Crippen LogP contribution is 2.33. The van der Waals surface area contributed by atoms with Gasteiger partial charge >= 0.3 is 0 Å². The fourth-order valence-electron chi connectivity index (χ4n) is 2.50. The van der Waals surface area contributed by atoms with E-state index in [1.165, 1.54) is 36.5 Å². The zero-order chi connectivity index (χ0) is 14.5. The fraction of sp³-hybridized carbons (Fsp3) is 0.444. The van der Waals surface area contributed by atoms with Crippen molar-refractivity contribution >= 4 is 26.7 Å². The van der Waals surface area contributed by atoms with Crippen molar-refractivity contribution in [1.82, 2.24) is 5.32 Å². The van der Waals surface area contributed by atoms with Crippen LogP contribution in [0.4, 0.5) is 0 Å². The standard InChI is InChI=1S/C18H22BrNO/c19-18-16-7-3-2-6-14(16)8-11-17(18)21-13-5-1-4-12-20-15-9-10-15/h2-3,6-8,11,15,20H,1,4-5,9-10,12-13H2. The van der Waals surface area contributed by atoms with Crippen molar-refractivity contribution in [3.8, 4) is 5.75 Å². The number of unbranched alkanes of at least 4 members (excludes halogenated alkanes) is 2. The van der Waals surface area contributed by atoms with Gasteiger partial charge in [-0.05, 0) is 71.4 Å². The summed E-state index contributed by atoms with van der Waals surface area (Å²) in [5.41, 5.74) is 0. The van der Waals surface area contributed by atoms with Crippen LogP contribution in [0.2, 0.25) is 0 Å². The third kappa shape index (κ3) is 4.21. The molecular formula is C18H22BrNO. The smallest absolute Gasteiger partial charge is 0.134 e. The molecule has 0 bridgehead atoms. The number of hydrogen-bond acceptors (Lipinski definition) is 2. The van der Waals surface area contributed by atoms with Gasteiger partial charge in [0, 0.05) is 6.04 Å². The van der Waals surface area contributed by atoms with E-state index in [2.05, 4.69) is 57.6 Å². The van der Waals surface area contributed by atoms with Crippen LogP contribution in [0.15, 0.2) is 40.9 Å². The van der Waals surface area contributed by atoms with Crippen LogP contribution >= 0.6 is 15.9 Å². The first-order valence-corrected chi connectivity index (χ1v) is 8.67. The normalized spacial score (nSPS) is 14.5. The van der Waals surface area contributed by atoms with Gasteiger partial charge in [0.25, 0.3) is 0 Å². The zero-order valence-corrected chi connectivity index (χ0v) is 13.9. The van der Waals surface area contributed by atoms with Gasteiger partial charge in [-0.15, -0.1) is 0 Å². The summed E-state index contributed by atoms with van der Waals surface area (Å²) in [5.74, 6) is 0.949. The lowest BCUT2D eigenvalue weighted by atomic mass is 10.1. The second kappa shape index (κ2) is 7.28. The molecule has 3 rings (SSSR count). The Morgan fingerprint density at radius 3 is 2.76 bits per heavy atom. The molecule has 0 heterocycles. The van der Waals surface area contributed by atoms with E-state index in [1.807, 2.05) is 0 Å². The molecule has 0 atom stereocenters. The van der Waals surface area contributed by atoms with E-state index in [1.54, 1.807) is 0 Å². The van der Waals surface area contributed by atoms with E-state index < -0.39 is 0 Å². The van der Waals surface area contributed by atoms with Crippen molar-refractivity contribution in [2.24, 2.45) is 0 Å². The molecule has 0 spiro atoms. The van der Waals surface area contributed by atoms with Gasteiger partial charge in [-0.3, -0.25) is 0 Å². The number of ether oxygens (including phenoxy) is 1. The second-order valence-corrected chi connectivity index (χ2v) is 6.53. The first-order valence-electron chi connectivity index (χ1n) is 7.88. The van der Waals surface area contributed by atoms with Gasteiger partial charge < -0.3 is 10.1 Å². The predicted octanol–water partition coefficient (Wildman–Crippen LogP) is 4.90. The lowest BCUT2D eigenvalue weighted by molar-refractivity contribution is 0.303. The van der Waals surface area contributed by atoms with Crippen molar-refractivity contribution in [2.45, 2.75) is 38.1 Å².